The van der Waals surface area contributed by atoms with Gasteiger partial charge in [-0.05, 0) is 6.07 Å². The molecular weight excluding hydrogens is 202 g/mol. The van der Waals surface area contributed by atoms with Gasteiger partial charge in [0, 0.05) is 18.0 Å². The fraction of sp³-hybridized carbons (Fsp3) is 0.111. The molecule has 0 bridgehead atoms. The molecule has 2 aromatic rings. The van der Waals surface area contributed by atoms with Gasteiger partial charge in [-0.2, -0.15) is 5.10 Å². The first-order valence-electron chi connectivity index (χ1n) is 4.00. The Balaban J connectivity index is 2.61. The van der Waals surface area contributed by atoms with Crippen molar-refractivity contribution in [1.82, 2.24) is 15.2 Å². The summed E-state index contributed by atoms with van der Waals surface area (Å²) in [6, 6.07) is 1.71. The summed E-state index contributed by atoms with van der Waals surface area (Å²) in [6.07, 6.45) is 5.02. The van der Waals surface area contributed by atoms with Crippen LogP contribution >= 0.6 is 11.6 Å². The predicted molar refractivity (Wildman–Crippen MR) is 53.4 cm³/mol. The fourth-order valence-corrected chi connectivity index (χ4v) is 1.47. The molecule has 0 radical (unpaired) electrons. The highest BCUT2D eigenvalue weighted by atomic mass is 35.5. The van der Waals surface area contributed by atoms with Crippen molar-refractivity contribution in [2.24, 2.45) is 0 Å². The van der Waals surface area contributed by atoms with Gasteiger partial charge in [0.1, 0.15) is 0 Å². The Morgan fingerprint density at radius 2 is 2.36 bits per heavy atom. The van der Waals surface area contributed by atoms with Gasteiger partial charge in [-0.3, -0.25) is 5.10 Å². The molecule has 0 aliphatic heterocycles. The first-order valence-corrected chi connectivity index (χ1v) is 4.38. The molecule has 72 valence electrons. The third-order valence-electron chi connectivity index (χ3n) is 1.85. The molecule has 2 rings (SSSR count). The lowest BCUT2D eigenvalue weighted by Crippen LogP contribution is -1.91. The van der Waals surface area contributed by atoms with Crippen LogP contribution in [0.3, 0.4) is 0 Å². The van der Waals surface area contributed by atoms with Crippen molar-refractivity contribution in [1.29, 1.82) is 0 Å². The van der Waals surface area contributed by atoms with Crippen molar-refractivity contribution in [2.45, 2.75) is 0 Å². The molecular formula is C9H8ClN3O. The van der Waals surface area contributed by atoms with Crippen LogP contribution in [-0.2, 0) is 0 Å². The molecule has 0 saturated heterocycles. The summed E-state index contributed by atoms with van der Waals surface area (Å²) in [5.74, 6) is 0.499. The van der Waals surface area contributed by atoms with Crippen LogP contribution < -0.4 is 4.74 Å². The Labute approximate surface area is 85.9 Å². The second-order valence-electron chi connectivity index (χ2n) is 2.66. The van der Waals surface area contributed by atoms with E-state index in [1.165, 1.54) is 0 Å². The van der Waals surface area contributed by atoms with Crippen LogP contribution in [0.2, 0.25) is 5.02 Å². The zero-order valence-electron chi connectivity index (χ0n) is 7.49. The van der Waals surface area contributed by atoms with Crippen molar-refractivity contribution < 1.29 is 4.74 Å². The van der Waals surface area contributed by atoms with E-state index in [4.69, 9.17) is 16.3 Å². The molecule has 4 nitrogen and oxygen atoms in total. The number of aromatic nitrogens is 3. The number of hydrogen-bond acceptors (Lipinski definition) is 3. The van der Waals surface area contributed by atoms with Crippen LogP contribution in [-0.4, -0.2) is 22.3 Å². The van der Waals surface area contributed by atoms with E-state index in [1.54, 1.807) is 31.8 Å². The van der Waals surface area contributed by atoms with E-state index >= 15 is 0 Å². The molecule has 0 aromatic carbocycles. The van der Waals surface area contributed by atoms with Gasteiger partial charge in [0.15, 0.2) is 0 Å². The van der Waals surface area contributed by atoms with Crippen molar-refractivity contribution in [3.05, 3.63) is 29.7 Å². The molecule has 0 amide bonds. The number of pyridine rings is 1. The summed E-state index contributed by atoms with van der Waals surface area (Å²) in [7, 11) is 1.56. The Hall–Kier alpha value is -1.55. The second kappa shape index (κ2) is 3.67. The SMILES string of the molecule is COc1nccc(Cl)c1-c1cn[nH]c1. The van der Waals surface area contributed by atoms with E-state index in [0.29, 0.717) is 10.9 Å². The molecule has 0 spiro atoms. The fourth-order valence-electron chi connectivity index (χ4n) is 1.22. The molecule has 0 unspecified atom stereocenters. The highest BCUT2D eigenvalue weighted by Crippen LogP contribution is 2.33. The molecule has 5 heteroatoms. The summed E-state index contributed by atoms with van der Waals surface area (Å²) in [6.45, 7) is 0. The van der Waals surface area contributed by atoms with Gasteiger partial charge in [0.25, 0.3) is 0 Å². The first-order chi connectivity index (χ1) is 6.83. The summed E-state index contributed by atoms with van der Waals surface area (Å²) < 4.78 is 5.11. The van der Waals surface area contributed by atoms with Crippen LogP contribution in [0, 0.1) is 0 Å². The van der Waals surface area contributed by atoms with Crippen molar-refractivity contribution in [3.63, 3.8) is 0 Å². The zero-order valence-corrected chi connectivity index (χ0v) is 8.25. The molecule has 1 N–H and O–H groups in total. The number of H-pyrrole nitrogens is 1. The predicted octanol–water partition coefficient (Wildman–Crippen LogP) is 2.13. The summed E-state index contributed by atoms with van der Waals surface area (Å²) in [4.78, 5) is 4.07. The van der Waals surface area contributed by atoms with E-state index in [9.17, 15) is 0 Å². The molecule has 0 fully saturated rings. The lowest BCUT2D eigenvalue weighted by atomic mass is 10.1. The Morgan fingerprint density at radius 3 is 3.00 bits per heavy atom. The van der Waals surface area contributed by atoms with Gasteiger partial charge in [-0.25, -0.2) is 4.98 Å². The van der Waals surface area contributed by atoms with Gasteiger partial charge in [0.05, 0.1) is 23.9 Å². The Bertz CT molecular complexity index is 428. The normalized spacial score (nSPS) is 10.1. The monoisotopic (exact) mass is 209 g/mol. The molecule has 0 aliphatic carbocycles. The average molecular weight is 210 g/mol. The average Bonchev–Trinajstić information content (AvgIpc) is 2.70. The van der Waals surface area contributed by atoms with Crippen molar-refractivity contribution in [2.75, 3.05) is 7.11 Å². The van der Waals surface area contributed by atoms with E-state index in [-0.39, 0.29) is 0 Å². The number of aromatic amines is 1. The number of nitrogens with zero attached hydrogens (tertiary/aromatic N) is 2. The number of hydrogen-bond donors (Lipinski definition) is 1. The third kappa shape index (κ3) is 1.44. The Kier molecular flexibility index (Phi) is 2.37. The highest BCUT2D eigenvalue weighted by Gasteiger charge is 2.11. The van der Waals surface area contributed by atoms with Gasteiger partial charge in [-0.1, -0.05) is 11.6 Å². The van der Waals surface area contributed by atoms with Crippen LogP contribution in [0.15, 0.2) is 24.7 Å². The molecule has 0 saturated carbocycles. The van der Waals surface area contributed by atoms with Crippen LogP contribution in [0.1, 0.15) is 0 Å². The van der Waals surface area contributed by atoms with Crippen molar-refractivity contribution in [3.8, 4) is 17.0 Å². The zero-order chi connectivity index (χ0) is 9.97. The third-order valence-corrected chi connectivity index (χ3v) is 2.16. The van der Waals surface area contributed by atoms with E-state index < -0.39 is 0 Å². The minimum Gasteiger partial charge on any atom is -0.481 e. The smallest absolute Gasteiger partial charge is 0.222 e. The summed E-state index contributed by atoms with van der Waals surface area (Å²) >= 11 is 6.04. The van der Waals surface area contributed by atoms with Crippen LogP contribution in [0.25, 0.3) is 11.1 Å². The largest absolute Gasteiger partial charge is 0.481 e. The van der Waals surface area contributed by atoms with Gasteiger partial charge >= 0.3 is 0 Å². The number of nitrogens with one attached hydrogen (secondary N) is 1. The highest BCUT2D eigenvalue weighted by molar-refractivity contribution is 6.33. The van der Waals surface area contributed by atoms with Gasteiger partial charge in [0.2, 0.25) is 5.88 Å². The number of ether oxygens (including phenoxy) is 1. The van der Waals surface area contributed by atoms with E-state index in [0.717, 1.165) is 11.1 Å². The molecule has 0 aliphatic rings. The first kappa shape index (κ1) is 9.02. The summed E-state index contributed by atoms with van der Waals surface area (Å²) in [5, 5.41) is 7.16. The van der Waals surface area contributed by atoms with Gasteiger partial charge < -0.3 is 4.74 Å². The quantitative estimate of drug-likeness (QED) is 0.825. The maximum Gasteiger partial charge on any atom is 0.222 e. The standard InChI is InChI=1S/C9H8ClN3O/c1-14-9-8(6-4-12-13-5-6)7(10)2-3-11-9/h2-5H,1H3,(H,12,13). The maximum absolute atomic E-state index is 6.04. The van der Waals surface area contributed by atoms with Crippen LogP contribution in [0.5, 0.6) is 5.88 Å². The topological polar surface area (TPSA) is 50.8 Å². The molecule has 14 heavy (non-hydrogen) atoms. The lowest BCUT2D eigenvalue weighted by Gasteiger charge is -2.06. The minimum atomic E-state index is 0.499. The molecule has 2 heterocycles. The molecule has 0 atom stereocenters. The second-order valence-corrected chi connectivity index (χ2v) is 3.07. The van der Waals surface area contributed by atoms with E-state index in [2.05, 4.69) is 15.2 Å². The van der Waals surface area contributed by atoms with Crippen LogP contribution in [0.4, 0.5) is 0 Å². The maximum atomic E-state index is 6.04. The van der Waals surface area contributed by atoms with Gasteiger partial charge in [-0.15, -0.1) is 0 Å². The van der Waals surface area contributed by atoms with Crippen molar-refractivity contribution >= 4 is 11.6 Å². The number of halogens is 1. The minimum absolute atomic E-state index is 0.499. The number of methoxy groups -OCH3 is 1. The lowest BCUT2D eigenvalue weighted by molar-refractivity contribution is 0.400. The molecule has 2 aromatic heterocycles. The summed E-state index contributed by atoms with van der Waals surface area (Å²) in [5.41, 5.74) is 1.62. The Morgan fingerprint density at radius 1 is 1.50 bits per heavy atom. The number of rotatable bonds is 2. The van der Waals surface area contributed by atoms with E-state index in [1.807, 2.05) is 0 Å².